The second-order valence-electron chi connectivity index (χ2n) is 4.21. The third-order valence-electron chi connectivity index (χ3n) is 2.70. The van der Waals surface area contributed by atoms with Gasteiger partial charge in [0.25, 0.3) is 0 Å². The molecule has 0 fully saturated rings. The summed E-state index contributed by atoms with van der Waals surface area (Å²) < 4.78 is 5.67. The van der Waals surface area contributed by atoms with Crippen molar-refractivity contribution in [3.63, 3.8) is 0 Å². The van der Waals surface area contributed by atoms with Gasteiger partial charge in [0.2, 0.25) is 0 Å². The van der Waals surface area contributed by atoms with Crippen LogP contribution >= 0.6 is 12.4 Å². The molecule has 0 bridgehead atoms. The molecular weight excluding hydrogens is 214 g/mol. The van der Waals surface area contributed by atoms with Crippen molar-refractivity contribution in [3.05, 3.63) is 29.8 Å². The highest BCUT2D eigenvalue weighted by molar-refractivity contribution is 5.85. The first kappa shape index (κ1) is 12.3. The summed E-state index contributed by atoms with van der Waals surface area (Å²) in [5.41, 5.74) is 6.19. The first-order valence-electron chi connectivity index (χ1n) is 4.74. The molecule has 15 heavy (non-hydrogen) atoms. The molecule has 1 aromatic rings. The number of aliphatic hydroxyl groups is 1. The Kier molecular flexibility index (Phi) is 3.28. The lowest BCUT2D eigenvalue weighted by Crippen LogP contribution is -2.51. The number of aliphatic hydroxyl groups excluding tert-OH is 1. The standard InChI is InChI=1S/C11H15NO2.ClH/c1-11(2)10(13)9(12)7-5-3-4-6-8(7)14-11;/h3-6,9-10,13H,12H2,1-2H3;1H/t9-,10+;/m1./s1. The molecule has 3 nitrogen and oxygen atoms in total. The molecule has 0 saturated heterocycles. The maximum absolute atomic E-state index is 9.90. The van der Waals surface area contributed by atoms with Crippen LogP contribution in [-0.2, 0) is 0 Å². The summed E-state index contributed by atoms with van der Waals surface area (Å²) in [4.78, 5) is 0. The van der Waals surface area contributed by atoms with Gasteiger partial charge in [0.1, 0.15) is 17.5 Å². The van der Waals surface area contributed by atoms with Crippen LogP contribution in [0.1, 0.15) is 25.5 Å². The van der Waals surface area contributed by atoms with E-state index in [1.807, 2.05) is 38.1 Å². The van der Waals surface area contributed by atoms with E-state index in [-0.39, 0.29) is 18.4 Å². The van der Waals surface area contributed by atoms with E-state index in [4.69, 9.17) is 10.5 Å². The van der Waals surface area contributed by atoms with E-state index in [1.165, 1.54) is 0 Å². The fraction of sp³-hybridized carbons (Fsp3) is 0.455. The Balaban J connectivity index is 0.00000112. The molecule has 4 heteroatoms. The first-order chi connectivity index (χ1) is 6.52. The van der Waals surface area contributed by atoms with E-state index >= 15 is 0 Å². The largest absolute Gasteiger partial charge is 0.485 e. The molecule has 2 rings (SSSR count). The van der Waals surface area contributed by atoms with E-state index in [0.29, 0.717) is 0 Å². The van der Waals surface area contributed by atoms with Crippen molar-refractivity contribution in [2.24, 2.45) is 5.73 Å². The number of fused-ring (bicyclic) bond motifs is 1. The molecule has 2 atom stereocenters. The Morgan fingerprint density at radius 2 is 1.93 bits per heavy atom. The number of hydrogen-bond donors (Lipinski definition) is 2. The average molecular weight is 230 g/mol. The van der Waals surface area contributed by atoms with Crippen LogP contribution in [0.5, 0.6) is 5.75 Å². The molecule has 1 aliphatic heterocycles. The zero-order valence-electron chi connectivity index (χ0n) is 8.81. The fourth-order valence-corrected chi connectivity index (χ4v) is 1.80. The van der Waals surface area contributed by atoms with E-state index in [0.717, 1.165) is 11.3 Å². The lowest BCUT2D eigenvalue weighted by atomic mass is 9.87. The van der Waals surface area contributed by atoms with Crippen molar-refractivity contribution in [1.82, 2.24) is 0 Å². The summed E-state index contributed by atoms with van der Waals surface area (Å²) in [6, 6.07) is 7.20. The van der Waals surface area contributed by atoms with Gasteiger partial charge < -0.3 is 15.6 Å². The van der Waals surface area contributed by atoms with Crippen LogP contribution in [0.4, 0.5) is 0 Å². The minimum atomic E-state index is -0.669. The van der Waals surface area contributed by atoms with Crippen molar-refractivity contribution >= 4 is 12.4 Å². The second kappa shape index (κ2) is 4.00. The summed E-state index contributed by atoms with van der Waals surface area (Å²) in [6.07, 6.45) is -0.669. The van der Waals surface area contributed by atoms with E-state index in [1.54, 1.807) is 0 Å². The van der Waals surface area contributed by atoms with Gasteiger partial charge >= 0.3 is 0 Å². The summed E-state index contributed by atoms with van der Waals surface area (Å²) in [6.45, 7) is 3.68. The number of hydrogen-bond acceptors (Lipinski definition) is 3. The van der Waals surface area contributed by atoms with Gasteiger partial charge in [-0.1, -0.05) is 18.2 Å². The zero-order chi connectivity index (χ0) is 10.3. The predicted molar refractivity (Wildman–Crippen MR) is 61.3 cm³/mol. The highest BCUT2D eigenvalue weighted by Gasteiger charge is 2.40. The summed E-state index contributed by atoms with van der Waals surface area (Å²) in [7, 11) is 0. The van der Waals surface area contributed by atoms with Crippen molar-refractivity contribution in [1.29, 1.82) is 0 Å². The molecule has 0 aliphatic carbocycles. The number of rotatable bonds is 0. The van der Waals surface area contributed by atoms with Crippen molar-refractivity contribution < 1.29 is 9.84 Å². The lowest BCUT2D eigenvalue weighted by Gasteiger charge is -2.40. The molecule has 1 aliphatic rings. The Morgan fingerprint density at radius 1 is 1.33 bits per heavy atom. The van der Waals surface area contributed by atoms with E-state index in [2.05, 4.69) is 0 Å². The molecule has 84 valence electrons. The van der Waals surface area contributed by atoms with Gasteiger partial charge in [0, 0.05) is 5.56 Å². The summed E-state index contributed by atoms with van der Waals surface area (Å²) in [5, 5.41) is 9.90. The van der Waals surface area contributed by atoms with Gasteiger partial charge in [0.05, 0.1) is 6.04 Å². The maximum Gasteiger partial charge on any atom is 0.131 e. The van der Waals surface area contributed by atoms with Crippen LogP contribution in [0.25, 0.3) is 0 Å². The number of nitrogens with two attached hydrogens (primary N) is 1. The molecule has 0 radical (unpaired) electrons. The molecule has 0 unspecified atom stereocenters. The Bertz CT molecular complexity index is 354. The minimum absolute atomic E-state index is 0. The van der Waals surface area contributed by atoms with Crippen LogP contribution in [0.2, 0.25) is 0 Å². The van der Waals surface area contributed by atoms with Gasteiger partial charge in [-0.25, -0.2) is 0 Å². The van der Waals surface area contributed by atoms with Gasteiger partial charge in [-0.15, -0.1) is 12.4 Å². The second-order valence-corrected chi connectivity index (χ2v) is 4.21. The maximum atomic E-state index is 9.90. The highest BCUT2D eigenvalue weighted by Crippen LogP contribution is 2.37. The van der Waals surface area contributed by atoms with Crippen molar-refractivity contribution in [2.45, 2.75) is 31.6 Å². The SMILES string of the molecule is CC1(C)Oc2ccccc2[C@@H](N)[C@@H]1O.Cl. The van der Waals surface area contributed by atoms with Gasteiger partial charge in [-0.05, 0) is 19.9 Å². The van der Waals surface area contributed by atoms with Crippen LogP contribution in [-0.4, -0.2) is 16.8 Å². The van der Waals surface area contributed by atoms with E-state index in [9.17, 15) is 5.11 Å². The Labute approximate surface area is 95.7 Å². The molecule has 0 saturated carbocycles. The normalized spacial score (nSPS) is 27.2. The van der Waals surface area contributed by atoms with Crippen LogP contribution in [0, 0.1) is 0 Å². The molecular formula is C11H16ClNO2. The third-order valence-corrected chi connectivity index (χ3v) is 2.70. The summed E-state index contributed by atoms with van der Waals surface area (Å²) in [5.74, 6) is 0.773. The molecule has 3 N–H and O–H groups in total. The van der Waals surface area contributed by atoms with Crippen molar-refractivity contribution in [3.8, 4) is 5.75 Å². The van der Waals surface area contributed by atoms with Gasteiger partial charge in [0.15, 0.2) is 0 Å². The van der Waals surface area contributed by atoms with Crippen LogP contribution in [0.3, 0.4) is 0 Å². The number of halogens is 1. The van der Waals surface area contributed by atoms with E-state index < -0.39 is 11.7 Å². The van der Waals surface area contributed by atoms with Crippen molar-refractivity contribution in [2.75, 3.05) is 0 Å². The van der Waals surface area contributed by atoms with Crippen LogP contribution < -0.4 is 10.5 Å². The monoisotopic (exact) mass is 229 g/mol. The topological polar surface area (TPSA) is 55.5 Å². The molecule has 0 spiro atoms. The highest BCUT2D eigenvalue weighted by atomic mass is 35.5. The fourth-order valence-electron chi connectivity index (χ4n) is 1.80. The number of benzene rings is 1. The molecule has 0 aromatic heterocycles. The predicted octanol–water partition coefficient (Wildman–Crippen LogP) is 1.64. The number of ether oxygens (including phenoxy) is 1. The lowest BCUT2D eigenvalue weighted by molar-refractivity contribution is -0.0571. The molecule has 0 amide bonds. The molecule has 1 heterocycles. The minimum Gasteiger partial charge on any atom is -0.485 e. The Morgan fingerprint density at radius 3 is 2.60 bits per heavy atom. The zero-order valence-corrected chi connectivity index (χ0v) is 9.62. The van der Waals surface area contributed by atoms with Gasteiger partial charge in [-0.2, -0.15) is 0 Å². The smallest absolute Gasteiger partial charge is 0.131 e. The van der Waals surface area contributed by atoms with Crippen LogP contribution in [0.15, 0.2) is 24.3 Å². The average Bonchev–Trinajstić information content (AvgIpc) is 2.14. The third kappa shape index (κ3) is 1.95. The quantitative estimate of drug-likeness (QED) is 0.711. The molecule has 1 aromatic carbocycles. The summed E-state index contributed by atoms with van der Waals surface area (Å²) >= 11 is 0. The number of para-hydroxylation sites is 1. The Hall–Kier alpha value is -0.770. The first-order valence-corrected chi connectivity index (χ1v) is 4.74. The van der Waals surface area contributed by atoms with Gasteiger partial charge in [-0.3, -0.25) is 0 Å².